The summed E-state index contributed by atoms with van der Waals surface area (Å²) in [5, 5.41) is 38.6. The van der Waals surface area contributed by atoms with Crippen LogP contribution in [0.3, 0.4) is 0 Å². The van der Waals surface area contributed by atoms with Crippen LogP contribution in [0.2, 0.25) is 0 Å². The number of amides is 8. The van der Waals surface area contributed by atoms with Gasteiger partial charge in [-0.3, -0.25) is 43.2 Å². The number of carbonyl (C=O) groups excluding carboxylic acids is 8. The van der Waals surface area contributed by atoms with Gasteiger partial charge in [0.05, 0.1) is 12.4 Å². The third-order valence-corrected chi connectivity index (χ3v) is 13.2. The first-order valence-corrected chi connectivity index (χ1v) is 26.5. The number of carboxylic acids is 2. The fourth-order valence-electron chi connectivity index (χ4n) is 8.39. The zero-order chi connectivity index (χ0) is 57.7. The van der Waals surface area contributed by atoms with E-state index < -0.39 is 126 Å². The molecule has 0 saturated carbocycles. The number of rotatable bonds is 39. The SMILES string of the molecule is CC[C@H](C)[C@H](NC(=O)[C@H](CCCCN)NC(=O)[C@H](CCC(=O)O)NC(=O)[C@H](Cc1c[nH]c2ccccc12)NC(=O)[C@@H](N)CCCCN)C(=O)N[C@@H](CCCCN)C(=O)N[C@@H](CCC(N)=O)C(=O)N[C@@H](Cc1cnc[nH]1)C(=O)O. The number of hydrogen-bond acceptors (Lipinski definition) is 15. The van der Waals surface area contributed by atoms with E-state index in [1.807, 2.05) is 18.2 Å². The van der Waals surface area contributed by atoms with Gasteiger partial charge in [0.2, 0.25) is 47.3 Å². The normalized spacial score (nSPS) is 14.7. The topological polar surface area (TPSA) is 470 Å². The lowest BCUT2D eigenvalue weighted by Gasteiger charge is -2.30. The molecule has 3 aromatic rings. The molecule has 0 aliphatic carbocycles. The molecule has 2 aromatic heterocycles. The van der Waals surface area contributed by atoms with Gasteiger partial charge in [0, 0.05) is 54.7 Å². The number of carboxylic acid groups (broad SMARTS) is 2. The minimum atomic E-state index is -1.55. The highest BCUT2D eigenvalue weighted by Gasteiger charge is 2.36. The van der Waals surface area contributed by atoms with Crippen LogP contribution in [-0.4, -0.2) is 152 Å². The molecule has 0 aliphatic rings. The fourth-order valence-corrected chi connectivity index (χ4v) is 8.39. The molecule has 432 valence electrons. The number of nitrogens with two attached hydrogens (primary N) is 5. The van der Waals surface area contributed by atoms with Crippen LogP contribution >= 0.6 is 0 Å². The lowest BCUT2D eigenvalue weighted by molar-refractivity contribution is -0.142. The Hall–Kier alpha value is -7.49. The van der Waals surface area contributed by atoms with Crippen LogP contribution in [0.5, 0.6) is 0 Å². The molecule has 0 unspecified atom stereocenters. The molecular weight excluding hydrogens is 1010 g/mol. The van der Waals surface area contributed by atoms with E-state index in [1.165, 1.54) is 12.5 Å². The van der Waals surface area contributed by atoms with E-state index in [2.05, 4.69) is 52.2 Å². The highest BCUT2D eigenvalue weighted by molar-refractivity contribution is 5.98. The van der Waals surface area contributed by atoms with Crippen LogP contribution in [-0.2, 0) is 60.8 Å². The maximum absolute atomic E-state index is 14.4. The second-order valence-electron chi connectivity index (χ2n) is 19.3. The number of benzene rings is 1. The van der Waals surface area contributed by atoms with E-state index in [-0.39, 0.29) is 58.0 Å². The van der Waals surface area contributed by atoms with Crippen molar-refractivity contribution in [1.29, 1.82) is 0 Å². The van der Waals surface area contributed by atoms with Gasteiger partial charge >= 0.3 is 11.9 Å². The first-order valence-electron chi connectivity index (χ1n) is 26.5. The van der Waals surface area contributed by atoms with Crippen LogP contribution in [0.25, 0.3) is 10.9 Å². The maximum Gasteiger partial charge on any atom is 0.326 e. The first-order chi connectivity index (χ1) is 37.2. The molecule has 1 aromatic carbocycles. The van der Waals surface area contributed by atoms with Crippen molar-refractivity contribution in [3.05, 3.63) is 54.2 Å². The number of unbranched alkanes of at least 4 members (excludes halogenated alkanes) is 3. The summed E-state index contributed by atoms with van der Waals surface area (Å²) in [6.07, 6.45) is 5.58. The number of para-hydroxylation sites is 1. The third-order valence-electron chi connectivity index (χ3n) is 13.2. The molecule has 0 aliphatic heterocycles. The summed E-state index contributed by atoms with van der Waals surface area (Å²) in [5.74, 6) is -10.0. The number of hydrogen-bond donors (Lipinski definition) is 16. The van der Waals surface area contributed by atoms with Gasteiger partial charge in [-0.15, -0.1) is 0 Å². The molecule has 21 N–H and O–H groups in total. The van der Waals surface area contributed by atoms with E-state index in [1.54, 1.807) is 26.1 Å². The zero-order valence-corrected chi connectivity index (χ0v) is 44.5. The van der Waals surface area contributed by atoms with E-state index in [0.717, 1.165) is 10.9 Å². The molecule has 0 spiro atoms. The summed E-state index contributed by atoms with van der Waals surface area (Å²) >= 11 is 0. The number of nitrogens with one attached hydrogen (secondary N) is 9. The largest absolute Gasteiger partial charge is 0.481 e. The molecule has 0 saturated heterocycles. The van der Waals surface area contributed by atoms with Gasteiger partial charge in [0.1, 0.15) is 42.3 Å². The van der Waals surface area contributed by atoms with Crippen LogP contribution in [0.1, 0.15) is 115 Å². The van der Waals surface area contributed by atoms with Gasteiger partial charge in [0.15, 0.2) is 0 Å². The summed E-state index contributed by atoms with van der Waals surface area (Å²) in [6.45, 7) is 4.26. The Morgan fingerprint density at radius 2 is 1.06 bits per heavy atom. The van der Waals surface area contributed by atoms with Crippen molar-refractivity contribution in [2.45, 2.75) is 165 Å². The lowest BCUT2D eigenvalue weighted by atomic mass is 9.96. The molecule has 3 rings (SSSR count). The van der Waals surface area contributed by atoms with Crippen LogP contribution in [0.15, 0.2) is 43.0 Å². The third kappa shape index (κ3) is 22.2. The van der Waals surface area contributed by atoms with Crippen LogP contribution in [0, 0.1) is 5.92 Å². The Balaban J connectivity index is 1.91. The number of imidazole rings is 1. The van der Waals surface area contributed by atoms with Crippen molar-refractivity contribution in [3.63, 3.8) is 0 Å². The van der Waals surface area contributed by atoms with Crippen LogP contribution in [0.4, 0.5) is 0 Å². The van der Waals surface area contributed by atoms with Gasteiger partial charge in [-0.05, 0) is 101 Å². The van der Waals surface area contributed by atoms with Gasteiger partial charge < -0.3 is 86.1 Å². The Labute approximate surface area is 452 Å². The number of H-pyrrole nitrogens is 2. The first kappa shape index (κ1) is 64.8. The van der Waals surface area contributed by atoms with E-state index in [9.17, 15) is 58.2 Å². The lowest BCUT2D eigenvalue weighted by Crippen LogP contribution is -2.61. The molecule has 27 nitrogen and oxygen atoms in total. The Morgan fingerprint density at radius 3 is 1.58 bits per heavy atom. The van der Waals surface area contributed by atoms with Gasteiger partial charge in [0.25, 0.3) is 0 Å². The Kier molecular flexibility index (Phi) is 28.5. The zero-order valence-electron chi connectivity index (χ0n) is 44.5. The maximum atomic E-state index is 14.4. The van der Waals surface area contributed by atoms with Crippen molar-refractivity contribution >= 4 is 70.1 Å². The van der Waals surface area contributed by atoms with Gasteiger partial charge in [-0.25, -0.2) is 9.78 Å². The van der Waals surface area contributed by atoms with Gasteiger partial charge in [-0.2, -0.15) is 0 Å². The minimum absolute atomic E-state index is 0.00713. The summed E-state index contributed by atoms with van der Waals surface area (Å²) < 4.78 is 0. The molecule has 0 bridgehead atoms. The average molecular weight is 1100 g/mol. The van der Waals surface area contributed by atoms with Crippen LogP contribution < -0.4 is 65.9 Å². The quantitative estimate of drug-likeness (QED) is 0.0276. The Morgan fingerprint density at radius 1 is 0.577 bits per heavy atom. The predicted octanol–water partition coefficient (Wildman–Crippen LogP) is -1.95. The number of aromatic nitrogens is 3. The summed E-state index contributed by atoms with van der Waals surface area (Å²) in [7, 11) is 0. The molecular formula is C51H81N15O12. The van der Waals surface area contributed by atoms with Crippen molar-refractivity contribution in [2.75, 3.05) is 19.6 Å². The van der Waals surface area contributed by atoms with Crippen molar-refractivity contribution < 1.29 is 58.2 Å². The number of carbonyl (C=O) groups is 10. The second kappa shape index (κ2) is 34.3. The number of fused-ring (bicyclic) bond motifs is 1. The Bertz CT molecular complexity index is 2440. The van der Waals surface area contributed by atoms with E-state index >= 15 is 0 Å². The number of primary amides is 1. The molecule has 0 fully saturated rings. The standard InChI is InChI=1S/C51H81N15O12/c1-3-29(2)43(50(76)63-35(15-7-10-22-53)45(71)61-37(17-19-41(56)67)47(73)65-40(51(77)78)25-31-27-57-28-59-31)66-48(74)36(16-8-11-23-54)60-46(72)38(18-20-42(68)69)62-49(75)39(64-44(70)33(55)13-6-9-21-52)24-30-26-58-34-14-5-4-12-32(30)34/h4-5,12,14,26-29,33,35-40,43,58H,3,6-11,13,15-25,52-55H2,1-2H3,(H2,56,67)(H,57,59)(H,60,72)(H,61,71)(H,62,75)(H,63,76)(H,64,70)(H,65,73)(H,66,74)(H,68,69)(H,77,78)/t29-,33-,35-,36-,37-,38-,39-,40-,43-/m0/s1. The fraction of sp³-hybridized carbons (Fsp3) is 0.588. The number of aliphatic carboxylic acids is 2. The van der Waals surface area contributed by atoms with Crippen molar-refractivity contribution in [1.82, 2.24) is 52.2 Å². The number of aromatic amines is 2. The van der Waals surface area contributed by atoms with Crippen molar-refractivity contribution in [3.8, 4) is 0 Å². The monoisotopic (exact) mass is 1100 g/mol. The summed E-state index contributed by atoms with van der Waals surface area (Å²) in [6, 6.07) is -3.63. The smallest absolute Gasteiger partial charge is 0.326 e. The van der Waals surface area contributed by atoms with Gasteiger partial charge in [-0.1, -0.05) is 44.9 Å². The summed E-state index contributed by atoms with van der Waals surface area (Å²) in [4.78, 5) is 144. The average Bonchev–Trinajstić information content (AvgIpc) is 4.09. The molecule has 27 heteroatoms. The van der Waals surface area contributed by atoms with Crippen molar-refractivity contribution in [2.24, 2.45) is 34.6 Å². The summed E-state index contributed by atoms with van der Waals surface area (Å²) in [5.41, 5.74) is 30.5. The number of nitrogens with zero attached hydrogens (tertiary/aromatic N) is 1. The highest BCUT2D eigenvalue weighted by atomic mass is 16.4. The molecule has 2 heterocycles. The predicted molar refractivity (Wildman–Crippen MR) is 287 cm³/mol. The van der Waals surface area contributed by atoms with E-state index in [4.69, 9.17) is 28.7 Å². The second-order valence-corrected chi connectivity index (χ2v) is 19.3. The molecule has 8 amide bonds. The molecule has 0 radical (unpaired) electrons. The molecule has 9 atom stereocenters. The van der Waals surface area contributed by atoms with E-state index in [0.29, 0.717) is 62.7 Å². The highest BCUT2D eigenvalue weighted by Crippen LogP contribution is 2.20. The molecule has 78 heavy (non-hydrogen) atoms. The minimum Gasteiger partial charge on any atom is -0.481 e.